The van der Waals surface area contributed by atoms with Gasteiger partial charge in [0.25, 0.3) is 0 Å². The molecule has 3 rings (SSSR count). The van der Waals surface area contributed by atoms with Gasteiger partial charge in [0.1, 0.15) is 0 Å². The Hall–Kier alpha value is -1.86. The van der Waals surface area contributed by atoms with E-state index in [1.54, 1.807) is 16.9 Å². The standard InChI is InChI=1S/C17H20F3N3O/c1-2-23-10-12(8-21-23)9-22-11-15(24)7-16(22)13-4-3-5-14(6-13)17(18,19)20/h3-6,8,10,15-16,24H,2,7,9,11H2,1H3/t15-,16+/m0/s1. The summed E-state index contributed by atoms with van der Waals surface area (Å²) >= 11 is 0. The molecule has 0 saturated carbocycles. The molecule has 0 spiro atoms. The van der Waals surface area contributed by atoms with Gasteiger partial charge in [-0.15, -0.1) is 0 Å². The van der Waals surface area contributed by atoms with Crippen molar-refractivity contribution in [2.24, 2.45) is 0 Å². The summed E-state index contributed by atoms with van der Waals surface area (Å²) < 4.78 is 40.6. The molecule has 1 aromatic heterocycles. The Balaban J connectivity index is 1.82. The fourth-order valence-corrected chi connectivity index (χ4v) is 3.22. The normalized spacial score (nSPS) is 22.2. The van der Waals surface area contributed by atoms with Gasteiger partial charge in [-0.1, -0.05) is 12.1 Å². The van der Waals surface area contributed by atoms with Crippen molar-refractivity contribution < 1.29 is 18.3 Å². The van der Waals surface area contributed by atoms with Crippen molar-refractivity contribution in [3.05, 3.63) is 53.3 Å². The van der Waals surface area contributed by atoms with Gasteiger partial charge in [-0.25, -0.2) is 0 Å². The molecule has 0 unspecified atom stereocenters. The van der Waals surface area contributed by atoms with Crippen LogP contribution in [0.3, 0.4) is 0 Å². The van der Waals surface area contributed by atoms with Crippen molar-refractivity contribution in [3.8, 4) is 0 Å². The van der Waals surface area contributed by atoms with Crippen molar-refractivity contribution in [2.75, 3.05) is 6.54 Å². The van der Waals surface area contributed by atoms with Crippen LogP contribution >= 0.6 is 0 Å². The second-order valence-electron chi connectivity index (χ2n) is 6.16. The Morgan fingerprint density at radius 2 is 2.12 bits per heavy atom. The van der Waals surface area contributed by atoms with Crippen LogP contribution in [-0.4, -0.2) is 32.4 Å². The maximum atomic E-state index is 12.9. The van der Waals surface area contributed by atoms with E-state index in [1.807, 2.05) is 18.0 Å². The van der Waals surface area contributed by atoms with Gasteiger partial charge in [-0.05, 0) is 31.0 Å². The van der Waals surface area contributed by atoms with Crippen LogP contribution in [0.25, 0.3) is 0 Å². The van der Waals surface area contributed by atoms with E-state index >= 15 is 0 Å². The summed E-state index contributed by atoms with van der Waals surface area (Å²) in [7, 11) is 0. The lowest BCUT2D eigenvalue weighted by Gasteiger charge is -2.24. The third-order valence-corrected chi connectivity index (χ3v) is 4.38. The molecular formula is C17H20F3N3O. The number of halogens is 3. The van der Waals surface area contributed by atoms with Gasteiger partial charge < -0.3 is 5.11 Å². The van der Waals surface area contributed by atoms with E-state index in [9.17, 15) is 18.3 Å². The van der Waals surface area contributed by atoms with Crippen molar-refractivity contribution in [2.45, 2.75) is 44.8 Å². The molecular weight excluding hydrogens is 319 g/mol. The van der Waals surface area contributed by atoms with Crippen LogP contribution in [0.15, 0.2) is 36.7 Å². The largest absolute Gasteiger partial charge is 0.416 e. The van der Waals surface area contributed by atoms with E-state index in [2.05, 4.69) is 5.10 Å². The average molecular weight is 339 g/mol. The highest BCUT2D eigenvalue weighted by Gasteiger charge is 2.35. The monoisotopic (exact) mass is 339 g/mol. The number of aryl methyl sites for hydroxylation is 1. The van der Waals surface area contributed by atoms with Crippen molar-refractivity contribution in [3.63, 3.8) is 0 Å². The van der Waals surface area contributed by atoms with Crippen LogP contribution in [0.2, 0.25) is 0 Å². The molecule has 2 heterocycles. The minimum atomic E-state index is -4.36. The number of aliphatic hydroxyl groups is 1. The molecule has 0 aliphatic carbocycles. The quantitative estimate of drug-likeness (QED) is 0.930. The SMILES string of the molecule is CCn1cc(CN2C[C@@H](O)C[C@@H]2c2cccc(C(F)(F)F)c2)cn1. The molecule has 2 aromatic rings. The molecule has 0 radical (unpaired) electrons. The van der Waals surface area contributed by atoms with Crippen LogP contribution in [0.1, 0.15) is 36.1 Å². The average Bonchev–Trinajstić information content (AvgIpc) is 3.13. The second kappa shape index (κ2) is 6.57. The topological polar surface area (TPSA) is 41.3 Å². The number of β-amino-alcohol motifs (C(OH)–C–C–N with tert-alkyl or cyclic N) is 1. The number of benzene rings is 1. The van der Waals surface area contributed by atoms with Gasteiger partial charge in [0.2, 0.25) is 0 Å². The smallest absolute Gasteiger partial charge is 0.392 e. The number of rotatable bonds is 4. The molecule has 0 amide bonds. The van der Waals surface area contributed by atoms with E-state index in [1.165, 1.54) is 12.1 Å². The summed E-state index contributed by atoms with van der Waals surface area (Å²) in [6, 6.07) is 5.15. The Morgan fingerprint density at radius 1 is 1.33 bits per heavy atom. The summed E-state index contributed by atoms with van der Waals surface area (Å²) in [4.78, 5) is 2.01. The first kappa shape index (κ1) is 17.0. The molecule has 1 aliphatic rings. The highest BCUT2D eigenvalue weighted by Crippen LogP contribution is 2.36. The molecule has 1 N–H and O–H groups in total. The molecule has 1 aromatic carbocycles. The zero-order valence-electron chi connectivity index (χ0n) is 13.4. The van der Waals surface area contributed by atoms with Gasteiger partial charge in [0.05, 0.1) is 17.9 Å². The highest BCUT2D eigenvalue weighted by molar-refractivity contribution is 5.29. The van der Waals surface area contributed by atoms with E-state index in [0.717, 1.165) is 18.2 Å². The van der Waals surface area contributed by atoms with E-state index < -0.39 is 17.8 Å². The second-order valence-corrected chi connectivity index (χ2v) is 6.16. The molecule has 7 heteroatoms. The molecule has 4 nitrogen and oxygen atoms in total. The fourth-order valence-electron chi connectivity index (χ4n) is 3.22. The molecule has 2 atom stereocenters. The van der Waals surface area contributed by atoms with Gasteiger partial charge >= 0.3 is 6.18 Å². The fraction of sp³-hybridized carbons (Fsp3) is 0.471. The molecule has 1 saturated heterocycles. The zero-order valence-corrected chi connectivity index (χ0v) is 13.4. The third-order valence-electron chi connectivity index (χ3n) is 4.38. The summed E-state index contributed by atoms with van der Waals surface area (Å²) in [5.41, 5.74) is 0.923. The lowest BCUT2D eigenvalue weighted by molar-refractivity contribution is -0.137. The summed E-state index contributed by atoms with van der Waals surface area (Å²) in [5, 5.41) is 14.2. The maximum Gasteiger partial charge on any atom is 0.416 e. The molecule has 1 aliphatic heterocycles. The Labute approximate surface area is 138 Å². The number of aromatic nitrogens is 2. The predicted octanol–water partition coefficient (Wildman–Crippen LogP) is 3.23. The first-order chi connectivity index (χ1) is 11.4. The van der Waals surface area contributed by atoms with Crippen molar-refractivity contribution >= 4 is 0 Å². The van der Waals surface area contributed by atoms with E-state index in [-0.39, 0.29) is 6.04 Å². The van der Waals surface area contributed by atoms with Crippen LogP contribution in [0.5, 0.6) is 0 Å². The zero-order chi connectivity index (χ0) is 17.3. The molecule has 1 fully saturated rings. The van der Waals surface area contributed by atoms with E-state index in [4.69, 9.17) is 0 Å². The van der Waals surface area contributed by atoms with Crippen LogP contribution in [0, 0.1) is 0 Å². The van der Waals surface area contributed by atoms with E-state index in [0.29, 0.717) is 25.1 Å². The van der Waals surface area contributed by atoms with Crippen molar-refractivity contribution in [1.82, 2.24) is 14.7 Å². The maximum absolute atomic E-state index is 12.9. The predicted molar refractivity (Wildman–Crippen MR) is 83.1 cm³/mol. The van der Waals surface area contributed by atoms with Crippen LogP contribution in [0.4, 0.5) is 13.2 Å². The van der Waals surface area contributed by atoms with Gasteiger partial charge in [-0.2, -0.15) is 18.3 Å². The summed E-state index contributed by atoms with van der Waals surface area (Å²) in [5.74, 6) is 0. The minimum absolute atomic E-state index is 0.229. The third kappa shape index (κ3) is 3.62. The van der Waals surface area contributed by atoms with Gasteiger partial charge in [-0.3, -0.25) is 9.58 Å². The molecule has 130 valence electrons. The number of nitrogens with zero attached hydrogens (tertiary/aromatic N) is 3. The van der Waals surface area contributed by atoms with Crippen molar-refractivity contribution in [1.29, 1.82) is 0 Å². The number of hydrogen-bond acceptors (Lipinski definition) is 3. The van der Waals surface area contributed by atoms with Crippen LogP contribution < -0.4 is 0 Å². The van der Waals surface area contributed by atoms with Gasteiger partial charge in [0.15, 0.2) is 0 Å². The molecule has 24 heavy (non-hydrogen) atoms. The Bertz CT molecular complexity index is 698. The first-order valence-electron chi connectivity index (χ1n) is 7.97. The number of hydrogen-bond donors (Lipinski definition) is 1. The lowest BCUT2D eigenvalue weighted by atomic mass is 10.0. The molecule has 0 bridgehead atoms. The Kier molecular flexibility index (Phi) is 4.64. The number of aliphatic hydroxyl groups excluding tert-OH is 1. The minimum Gasteiger partial charge on any atom is -0.392 e. The highest BCUT2D eigenvalue weighted by atomic mass is 19.4. The summed E-state index contributed by atoms with van der Waals surface area (Å²) in [6.45, 7) is 3.75. The number of alkyl halides is 3. The Morgan fingerprint density at radius 3 is 2.79 bits per heavy atom. The lowest BCUT2D eigenvalue weighted by Crippen LogP contribution is -2.24. The summed E-state index contributed by atoms with van der Waals surface area (Å²) in [6.07, 6.45) is -0.778. The van der Waals surface area contributed by atoms with Crippen LogP contribution in [-0.2, 0) is 19.3 Å². The first-order valence-corrected chi connectivity index (χ1v) is 7.97. The van der Waals surface area contributed by atoms with Gasteiger partial charge in [0, 0.05) is 37.4 Å². The number of likely N-dealkylation sites (tertiary alicyclic amines) is 1.